The molecule has 17 heavy (non-hydrogen) atoms. The molecule has 0 radical (unpaired) electrons. The van der Waals surface area contributed by atoms with E-state index in [0.717, 1.165) is 23.4 Å². The van der Waals surface area contributed by atoms with Gasteiger partial charge in [0.05, 0.1) is 0 Å². The molecule has 1 nitrogen and oxygen atoms in total. The van der Waals surface area contributed by atoms with Crippen LogP contribution in [0.25, 0.3) is 0 Å². The van der Waals surface area contributed by atoms with E-state index in [4.69, 9.17) is 5.73 Å². The number of thiophene rings is 1. The lowest BCUT2D eigenvalue weighted by atomic mass is 9.48. The topological polar surface area (TPSA) is 26.0 Å². The second-order valence-electron chi connectivity index (χ2n) is 6.82. The van der Waals surface area contributed by atoms with Crippen LogP contribution in [0.15, 0.2) is 5.38 Å². The Morgan fingerprint density at radius 2 is 1.65 bits per heavy atom. The Kier molecular flexibility index (Phi) is 2.01. The van der Waals surface area contributed by atoms with Crippen LogP contribution < -0.4 is 5.73 Å². The molecule has 0 amide bonds. The number of hydrogen-bond acceptors (Lipinski definition) is 2. The van der Waals surface area contributed by atoms with E-state index in [2.05, 4.69) is 12.3 Å². The molecule has 4 aliphatic carbocycles. The van der Waals surface area contributed by atoms with Crippen molar-refractivity contribution in [2.24, 2.45) is 17.8 Å². The lowest BCUT2D eigenvalue weighted by molar-refractivity contribution is -0.00489. The Hall–Kier alpha value is -0.500. The van der Waals surface area contributed by atoms with Crippen molar-refractivity contribution < 1.29 is 0 Å². The summed E-state index contributed by atoms with van der Waals surface area (Å²) in [6, 6.07) is 0. The number of hydrogen-bond donors (Lipinski definition) is 1. The molecule has 2 heteroatoms. The molecule has 0 spiro atoms. The van der Waals surface area contributed by atoms with Gasteiger partial charge < -0.3 is 5.73 Å². The fraction of sp³-hybridized carbons (Fsp3) is 0.733. The number of nitrogens with two attached hydrogens (primary N) is 1. The zero-order chi connectivity index (χ0) is 11.6. The van der Waals surface area contributed by atoms with Crippen molar-refractivity contribution >= 4 is 17.0 Å². The first-order chi connectivity index (χ1) is 8.16. The Morgan fingerprint density at radius 1 is 1.12 bits per heavy atom. The van der Waals surface area contributed by atoms with Gasteiger partial charge in [-0.15, -0.1) is 11.3 Å². The number of aryl methyl sites for hydroxylation is 1. The molecular formula is C15H21NS. The third-order valence-corrected chi connectivity index (χ3v) is 6.50. The van der Waals surface area contributed by atoms with E-state index in [-0.39, 0.29) is 0 Å². The Labute approximate surface area is 107 Å². The molecular weight excluding hydrogens is 226 g/mol. The van der Waals surface area contributed by atoms with Crippen LogP contribution >= 0.6 is 11.3 Å². The summed E-state index contributed by atoms with van der Waals surface area (Å²) in [5.41, 5.74) is 9.41. The molecule has 4 bridgehead atoms. The summed E-state index contributed by atoms with van der Waals surface area (Å²) in [6.07, 6.45) is 8.84. The van der Waals surface area contributed by atoms with Crippen LogP contribution in [0, 0.1) is 24.7 Å². The van der Waals surface area contributed by atoms with Crippen LogP contribution in [0.1, 0.15) is 49.0 Å². The first-order valence-corrected chi connectivity index (χ1v) is 7.88. The average molecular weight is 247 g/mol. The van der Waals surface area contributed by atoms with Crippen molar-refractivity contribution in [2.75, 3.05) is 5.73 Å². The van der Waals surface area contributed by atoms with Crippen molar-refractivity contribution in [1.29, 1.82) is 0 Å². The fourth-order valence-corrected chi connectivity index (χ4v) is 6.44. The molecule has 1 aromatic rings. The Bertz CT molecular complexity index is 405. The van der Waals surface area contributed by atoms with E-state index in [9.17, 15) is 0 Å². The highest BCUT2D eigenvalue weighted by atomic mass is 32.1. The normalized spacial score (nSPS) is 43.2. The van der Waals surface area contributed by atoms with Crippen LogP contribution in [0.3, 0.4) is 0 Å². The number of nitrogen functional groups attached to an aromatic ring is 1. The maximum Gasteiger partial charge on any atom is 0.0463 e. The second-order valence-corrected chi connectivity index (χ2v) is 7.90. The van der Waals surface area contributed by atoms with Gasteiger partial charge in [-0.1, -0.05) is 0 Å². The Morgan fingerprint density at radius 3 is 2.06 bits per heavy atom. The Balaban J connectivity index is 1.82. The molecule has 1 heterocycles. The maximum absolute atomic E-state index is 6.27. The molecule has 2 N–H and O–H groups in total. The van der Waals surface area contributed by atoms with E-state index in [1.807, 2.05) is 11.3 Å². The maximum atomic E-state index is 6.27. The smallest absolute Gasteiger partial charge is 0.0463 e. The predicted molar refractivity (Wildman–Crippen MR) is 73.3 cm³/mol. The number of rotatable bonds is 1. The molecule has 0 aliphatic heterocycles. The fourth-order valence-electron chi connectivity index (χ4n) is 5.57. The van der Waals surface area contributed by atoms with Gasteiger partial charge in [0, 0.05) is 15.9 Å². The molecule has 4 fully saturated rings. The van der Waals surface area contributed by atoms with Crippen LogP contribution in [0.4, 0.5) is 5.69 Å². The first kappa shape index (κ1) is 10.4. The zero-order valence-electron chi connectivity index (χ0n) is 10.5. The van der Waals surface area contributed by atoms with Gasteiger partial charge in [0.15, 0.2) is 0 Å². The van der Waals surface area contributed by atoms with Crippen molar-refractivity contribution in [3.63, 3.8) is 0 Å². The highest BCUT2D eigenvalue weighted by Crippen LogP contribution is 2.62. The van der Waals surface area contributed by atoms with E-state index in [0.29, 0.717) is 5.41 Å². The highest BCUT2D eigenvalue weighted by Gasteiger charge is 2.52. The third kappa shape index (κ3) is 1.36. The summed E-state index contributed by atoms with van der Waals surface area (Å²) in [5.74, 6) is 3.04. The summed E-state index contributed by atoms with van der Waals surface area (Å²) in [4.78, 5) is 1.49. The predicted octanol–water partition coefficient (Wildman–Crippen LogP) is 4.11. The van der Waals surface area contributed by atoms with Gasteiger partial charge in [-0.25, -0.2) is 0 Å². The quantitative estimate of drug-likeness (QED) is 0.794. The third-order valence-electron chi connectivity index (χ3n) is 5.57. The highest BCUT2D eigenvalue weighted by molar-refractivity contribution is 7.10. The minimum atomic E-state index is 0.489. The van der Waals surface area contributed by atoms with Crippen LogP contribution in [-0.4, -0.2) is 0 Å². The van der Waals surface area contributed by atoms with Crippen molar-refractivity contribution in [2.45, 2.75) is 50.9 Å². The minimum absolute atomic E-state index is 0.489. The molecule has 0 atom stereocenters. The first-order valence-electron chi connectivity index (χ1n) is 7.00. The van der Waals surface area contributed by atoms with E-state index in [1.54, 1.807) is 5.56 Å². The molecule has 0 saturated heterocycles. The van der Waals surface area contributed by atoms with Crippen molar-refractivity contribution in [1.82, 2.24) is 0 Å². The lowest BCUT2D eigenvalue weighted by Gasteiger charge is -2.57. The summed E-state index contributed by atoms with van der Waals surface area (Å²) in [5, 5.41) is 2.17. The van der Waals surface area contributed by atoms with E-state index < -0.39 is 0 Å². The van der Waals surface area contributed by atoms with Gasteiger partial charge in [0.25, 0.3) is 0 Å². The zero-order valence-corrected chi connectivity index (χ0v) is 11.4. The summed E-state index contributed by atoms with van der Waals surface area (Å²) >= 11 is 1.85. The van der Waals surface area contributed by atoms with E-state index >= 15 is 0 Å². The molecule has 1 aromatic heterocycles. The molecule has 5 rings (SSSR count). The molecule has 4 aliphatic rings. The summed E-state index contributed by atoms with van der Waals surface area (Å²) < 4.78 is 0. The minimum Gasteiger partial charge on any atom is -0.398 e. The van der Waals surface area contributed by atoms with Crippen LogP contribution in [0.5, 0.6) is 0 Å². The SMILES string of the molecule is Cc1scc(N)c1C12CC3CC(CC(C3)C1)C2. The van der Waals surface area contributed by atoms with Gasteiger partial charge in [0.1, 0.15) is 0 Å². The van der Waals surface area contributed by atoms with Crippen LogP contribution in [-0.2, 0) is 5.41 Å². The van der Waals surface area contributed by atoms with Gasteiger partial charge in [-0.2, -0.15) is 0 Å². The summed E-state index contributed by atoms with van der Waals surface area (Å²) in [6.45, 7) is 2.27. The molecule has 0 unspecified atom stereocenters. The molecule has 0 aromatic carbocycles. The van der Waals surface area contributed by atoms with Crippen LogP contribution in [0.2, 0.25) is 0 Å². The standard InChI is InChI=1S/C15H21NS/c1-9-14(13(16)8-17-9)15-5-10-2-11(6-15)4-12(3-10)7-15/h8,10-12H,2-7,16H2,1H3. The van der Waals surface area contributed by atoms with E-state index in [1.165, 1.54) is 43.4 Å². The van der Waals surface area contributed by atoms with Crippen molar-refractivity contribution in [3.8, 4) is 0 Å². The second kappa shape index (κ2) is 3.28. The lowest BCUT2D eigenvalue weighted by Crippen LogP contribution is -2.48. The number of anilines is 1. The average Bonchev–Trinajstić information content (AvgIpc) is 2.56. The molecule has 4 saturated carbocycles. The largest absolute Gasteiger partial charge is 0.398 e. The van der Waals surface area contributed by atoms with Crippen molar-refractivity contribution in [3.05, 3.63) is 15.8 Å². The van der Waals surface area contributed by atoms with Gasteiger partial charge in [0.2, 0.25) is 0 Å². The summed E-state index contributed by atoms with van der Waals surface area (Å²) in [7, 11) is 0. The van der Waals surface area contributed by atoms with Gasteiger partial charge >= 0.3 is 0 Å². The molecule has 92 valence electrons. The van der Waals surface area contributed by atoms with Gasteiger partial charge in [-0.05, 0) is 74.2 Å². The monoisotopic (exact) mass is 247 g/mol. The van der Waals surface area contributed by atoms with Gasteiger partial charge in [-0.3, -0.25) is 0 Å².